The maximum absolute atomic E-state index is 12.0. The van der Waals surface area contributed by atoms with Gasteiger partial charge in [-0.1, -0.05) is 17.7 Å². The number of aromatic nitrogens is 2. The molecule has 0 fully saturated rings. The van der Waals surface area contributed by atoms with E-state index in [1.165, 1.54) is 6.20 Å². The van der Waals surface area contributed by atoms with Gasteiger partial charge in [0, 0.05) is 17.3 Å². The van der Waals surface area contributed by atoms with Crippen LogP contribution in [0, 0.1) is 0 Å². The molecule has 6 heteroatoms. The van der Waals surface area contributed by atoms with Crippen LogP contribution in [-0.2, 0) is 0 Å². The number of benzene rings is 1. The normalized spacial score (nSPS) is 10.0. The van der Waals surface area contributed by atoms with Crippen LogP contribution >= 0.6 is 11.6 Å². The van der Waals surface area contributed by atoms with E-state index in [4.69, 9.17) is 11.6 Å². The minimum atomic E-state index is -0.325. The standard InChI is InChI=1S/C13H13ClN4O/c1-2-16-12-8-15-7-11(18-12)13(19)17-10-5-3-4-9(14)6-10/h3-8H,2H2,1H3,(H,16,18)(H,17,19). The van der Waals surface area contributed by atoms with Crippen molar-refractivity contribution in [2.45, 2.75) is 6.92 Å². The highest BCUT2D eigenvalue weighted by molar-refractivity contribution is 6.30. The average molecular weight is 277 g/mol. The predicted molar refractivity (Wildman–Crippen MR) is 75.6 cm³/mol. The molecule has 1 amide bonds. The Labute approximate surface area is 116 Å². The summed E-state index contributed by atoms with van der Waals surface area (Å²) in [6.45, 7) is 2.66. The molecule has 98 valence electrons. The second-order valence-corrected chi connectivity index (χ2v) is 4.22. The van der Waals surface area contributed by atoms with Crippen molar-refractivity contribution in [1.82, 2.24) is 9.97 Å². The SMILES string of the molecule is CCNc1cncc(C(=O)Nc2cccc(Cl)c2)n1. The van der Waals surface area contributed by atoms with Gasteiger partial charge in [0.15, 0.2) is 0 Å². The summed E-state index contributed by atoms with van der Waals surface area (Å²) in [5, 5.41) is 6.28. The summed E-state index contributed by atoms with van der Waals surface area (Å²) in [5.74, 6) is 0.246. The Kier molecular flexibility index (Phi) is 4.30. The fourth-order valence-corrected chi connectivity index (χ4v) is 1.69. The molecule has 5 nitrogen and oxygen atoms in total. The van der Waals surface area contributed by atoms with Gasteiger partial charge in [-0.15, -0.1) is 0 Å². The molecular weight excluding hydrogens is 264 g/mol. The van der Waals surface area contributed by atoms with Gasteiger partial charge in [-0.05, 0) is 25.1 Å². The van der Waals surface area contributed by atoms with E-state index >= 15 is 0 Å². The number of halogens is 1. The van der Waals surface area contributed by atoms with Crippen molar-refractivity contribution < 1.29 is 4.79 Å². The quantitative estimate of drug-likeness (QED) is 0.901. The number of carbonyl (C=O) groups is 1. The van der Waals surface area contributed by atoms with E-state index in [-0.39, 0.29) is 11.6 Å². The van der Waals surface area contributed by atoms with Gasteiger partial charge in [-0.2, -0.15) is 0 Å². The lowest BCUT2D eigenvalue weighted by atomic mass is 10.3. The third-order valence-electron chi connectivity index (χ3n) is 2.31. The molecule has 0 aliphatic carbocycles. The zero-order chi connectivity index (χ0) is 13.7. The molecule has 19 heavy (non-hydrogen) atoms. The number of hydrogen-bond acceptors (Lipinski definition) is 4. The monoisotopic (exact) mass is 276 g/mol. The Bertz CT molecular complexity index is 588. The van der Waals surface area contributed by atoms with Gasteiger partial charge in [-0.3, -0.25) is 9.78 Å². The molecule has 0 saturated carbocycles. The largest absolute Gasteiger partial charge is 0.369 e. The van der Waals surface area contributed by atoms with Crippen LogP contribution in [0.3, 0.4) is 0 Å². The molecule has 0 aliphatic rings. The Morgan fingerprint density at radius 1 is 1.37 bits per heavy atom. The molecule has 2 rings (SSSR count). The van der Waals surface area contributed by atoms with Crippen molar-refractivity contribution in [1.29, 1.82) is 0 Å². The fraction of sp³-hybridized carbons (Fsp3) is 0.154. The lowest BCUT2D eigenvalue weighted by Crippen LogP contribution is -2.15. The Morgan fingerprint density at radius 2 is 2.21 bits per heavy atom. The molecule has 1 heterocycles. The summed E-state index contributed by atoms with van der Waals surface area (Å²) in [6, 6.07) is 6.92. The third kappa shape index (κ3) is 3.66. The number of carbonyl (C=O) groups excluding carboxylic acids is 1. The second-order valence-electron chi connectivity index (χ2n) is 3.78. The van der Waals surface area contributed by atoms with Gasteiger partial charge in [0.25, 0.3) is 5.91 Å². The number of nitrogens with one attached hydrogen (secondary N) is 2. The first kappa shape index (κ1) is 13.3. The van der Waals surface area contributed by atoms with E-state index in [1.54, 1.807) is 30.5 Å². The lowest BCUT2D eigenvalue weighted by Gasteiger charge is -2.06. The average Bonchev–Trinajstić information content (AvgIpc) is 2.39. The van der Waals surface area contributed by atoms with E-state index in [0.29, 0.717) is 23.1 Å². The molecule has 0 aliphatic heterocycles. The van der Waals surface area contributed by atoms with Crippen LogP contribution in [0.1, 0.15) is 17.4 Å². The zero-order valence-corrected chi connectivity index (χ0v) is 11.1. The molecule has 0 unspecified atom stereocenters. The Morgan fingerprint density at radius 3 is 2.95 bits per heavy atom. The first-order chi connectivity index (χ1) is 9.19. The van der Waals surface area contributed by atoms with Gasteiger partial charge >= 0.3 is 0 Å². The first-order valence-corrected chi connectivity index (χ1v) is 6.19. The Balaban J connectivity index is 2.13. The number of rotatable bonds is 4. The Hall–Kier alpha value is -2.14. The second kappa shape index (κ2) is 6.15. The summed E-state index contributed by atoms with van der Waals surface area (Å²) in [6.07, 6.45) is 2.99. The number of anilines is 2. The van der Waals surface area contributed by atoms with Crippen molar-refractivity contribution in [3.63, 3.8) is 0 Å². The molecule has 2 N–H and O–H groups in total. The van der Waals surface area contributed by atoms with Crippen LogP contribution in [0.2, 0.25) is 5.02 Å². The van der Waals surface area contributed by atoms with E-state index in [0.717, 1.165) is 0 Å². The minimum Gasteiger partial charge on any atom is -0.369 e. The maximum Gasteiger partial charge on any atom is 0.275 e. The summed E-state index contributed by atoms with van der Waals surface area (Å²) >= 11 is 5.85. The highest BCUT2D eigenvalue weighted by Gasteiger charge is 2.09. The topological polar surface area (TPSA) is 66.9 Å². The fourth-order valence-electron chi connectivity index (χ4n) is 1.50. The van der Waals surface area contributed by atoms with Gasteiger partial charge in [-0.25, -0.2) is 4.98 Å². The van der Waals surface area contributed by atoms with Gasteiger partial charge in [0.2, 0.25) is 0 Å². The molecule has 0 radical (unpaired) electrons. The smallest absolute Gasteiger partial charge is 0.275 e. The molecule has 0 atom stereocenters. The summed E-state index contributed by atoms with van der Waals surface area (Å²) < 4.78 is 0. The number of amides is 1. The minimum absolute atomic E-state index is 0.249. The van der Waals surface area contributed by atoms with Crippen molar-refractivity contribution in [2.24, 2.45) is 0 Å². The summed E-state index contributed by atoms with van der Waals surface area (Å²) in [7, 11) is 0. The van der Waals surface area contributed by atoms with Crippen molar-refractivity contribution >= 4 is 29.0 Å². The molecule has 2 aromatic rings. The van der Waals surface area contributed by atoms with Gasteiger partial charge in [0.05, 0.1) is 12.4 Å². The van der Waals surface area contributed by atoms with Crippen LogP contribution in [0.4, 0.5) is 11.5 Å². The molecule has 1 aromatic carbocycles. The van der Waals surface area contributed by atoms with Crippen LogP contribution in [0.15, 0.2) is 36.7 Å². The molecule has 1 aromatic heterocycles. The lowest BCUT2D eigenvalue weighted by molar-refractivity contribution is 0.102. The van der Waals surface area contributed by atoms with E-state index in [2.05, 4.69) is 20.6 Å². The van der Waals surface area contributed by atoms with Gasteiger partial charge in [0.1, 0.15) is 11.5 Å². The van der Waals surface area contributed by atoms with Crippen LogP contribution < -0.4 is 10.6 Å². The third-order valence-corrected chi connectivity index (χ3v) is 2.54. The maximum atomic E-state index is 12.0. The first-order valence-electron chi connectivity index (χ1n) is 5.82. The van der Waals surface area contributed by atoms with Crippen molar-refractivity contribution in [3.8, 4) is 0 Å². The van der Waals surface area contributed by atoms with E-state index in [1.807, 2.05) is 6.92 Å². The number of hydrogen-bond donors (Lipinski definition) is 2. The van der Waals surface area contributed by atoms with Crippen LogP contribution in [0.5, 0.6) is 0 Å². The molecular formula is C13H13ClN4O. The van der Waals surface area contributed by atoms with Crippen LogP contribution in [0.25, 0.3) is 0 Å². The van der Waals surface area contributed by atoms with E-state index in [9.17, 15) is 4.79 Å². The molecule has 0 spiro atoms. The predicted octanol–water partition coefficient (Wildman–Crippen LogP) is 2.81. The molecule has 0 bridgehead atoms. The van der Waals surface area contributed by atoms with Crippen molar-refractivity contribution in [3.05, 3.63) is 47.4 Å². The highest BCUT2D eigenvalue weighted by atomic mass is 35.5. The summed E-state index contributed by atoms with van der Waals surface area (Å²) in [4.78, 5) is 20.1. The zero-order valence-electron chi connectivity index (χ0n) is 10.4. The van der Waals surface area contributed by atoms with Crippen LogP contribution in [-0.4, -0.2) is 22.4 Å². The summed E-state index contributed by atoms with van der Waals surface area (Å²) in [5.41, 5.74) is 0.867. The van der Waals surface area contributed by atoms with Gasteiger partial charge < -0.3 is 10.6 Å². The molecule has 0 saturated heterocycles. The van der Waals surface area contributed by atoms with Crippen molar-refractivity contribution in [2.75, 3.05) is 17.2 Å². The highest BCUT2D eigenvalue weighted by Crippen LogP contribution is 2.15. The number of nitrogens with zero attached hydrogens (tertiary/aromatic N) is 2. The van der Waals surface area contributed by atoms with E-state index < -0.39 is 0 Å².